The van der Waals surface area contributed by atoms with Crippen LogP contribution in [0.3, 0.4) is 0 Å². The van der Waals surface area contributed by atoms with E-state index in [1.807, 2.05) is 50.2 Å². The van der Waals surface area contributed by atoms with Gasteiger partial charge in [0, 0.05) is 39.2 Å². The minimum absolute atomic E-state index is 0.0701. The number of nitro benzene ring substituents is 1. The van der Waals surface area contributed by atoms with E-state index in [1.165, 1.54) is 12.1 Å². The summed E-state index contributed by atoms with van der Waals surface area (Å²) >= 11 is 3.37. The zero-order valence-electron chi connectivity index (χ0n) is 18.5. The molecule has 0 aliphatic carbocycles. The van der Waals surface area contributed by atoms with E-state index in [2.05, 4.69) is 31.0 Å². The molecule has 0 atom stereocenters. The molecule has 4 rings (SSSR count). The molecule has 0 aliphatic rings. The second-order valence-electron chi connectivity index (χ2n) is 7.69. The summed E-state index contributed by atoms with van der Waals surface area (Å²) in [6, 6.07) is 23.7. The summed E-state index contributed by atoms with van der Waals surface area (Å²) in [5, 5.41) is 15.0. The maximum atomic E-state index is 12.3. The zero-order chi connectivity index (χ0) is 24.2. The lowest BCUT2D eigenvalue weighted by Gasteiger charge is -2.11. The van der Waals surface area contributed by atoms with Crippen LogP contribution in [-0.2, 0) is 0 Å². The smallest absolute Gasteiger partial charge is 0.272 e. The topological polar surface area (TPSA) is 89.5 Å². The number of benzene rings is 3. The van der Waals surface area contributed by atoms with Crippen LogP contribution in [-0.4, -0.2) is 21.6 Å². The Kier molecular flexibility index (Phi) is 6.70. The molecular formula is C26H21BrN4O3. The van der Waals surface area contributed by atoms with Crippen LogP contribution in [0.4, 0.5) is 5.69 Å². The van der Waals surface area contributed by atoms with Crippen molar-refractivity contribution in [1.82, 2.24) is 9.99 Å². The van der Waals surface area contributed by atoms with Crippen LogP contribution < -0.4 is 5.43 Å². The third-order valence-corrected chi connectivity index (χ3v) is 6.19. The number of hydrogen-bond acceptors (Lipinski definition) is 4. The average molecular weight is 517 g/mol. The largest absolute Gasteiger partial charge is 0.318 e. The normalized spacial score (nSPS) is 11.0. The summed E-state index contributed by atoms with van der Waals surface area (Å²) in [7, 11) is 0. The van der Waals surface area contributed by atoms with Gasteiger partial charge in [0.05, 0.1) is 16.7 Å². The van der Waals surface area contributed by atoms with E-state index in [0.29, 0.717) is 10.0 Å². The van der Waals surface area contributed by atoms with Gasteiger partial charge in [0.1, 0.15) is 0 Å². The molecule has 34 heavy (non-hydrogen) atoms. The van der Waals surface area contributed by atoms with Crippen LogP contribution in [0.5, 0.6) is 0 Å². The lowest BCUT2D eigenvalue weighted by atomic mass is 10.0. The predicted molar refractivity (Wildman–Crippen MR) is 137 cm³/mol. The standard InChI is InChI=1S/C26H21BrN4O3/c1-17-15-21(16-28-29-26(32)24-5-3-4-6-25(24)27)18(2)30(17)22-11-7-19(8-12-22)20-9-13-23(14-10-20)31(33)34/h3-16H,1-2H3,(H,29,32)/b28-16+. The number of amides is 1. The predicted octanol–water partition coefficient (Wildman–Crippen LogP) is 6.20. The van der Waals surface area contributed by atoms with Gasteiger partial charge in [-0.15, -0.1) is 0 Å². The lowest BCUT2D eigenvalue weighted by molar-refractivity contribution is -0.384. The molecule has 0 unspecified atom stereocenters. The van der Waals surface area contributed by atoms with E-state index in [4.69, 9.17) is 0 Å². The van der Waals surface area contributed by atoms with Crippen molar-refractivity contribution in [2.45, 2.75) is 13.8 Å². The van der Waals surface area contributed by atoms with Gasteiger partial charge >= 0.3 is 0 Å². The van der Waals surface area contributed by atoms with Crippen molar-refractivity contribution in [3.63, 3.8) is 0 Å². The zero-order valence-corrected chi connectivity index (χ0v) is 20.1. The Labute approximate surface area is 205 Å². The highest BCUT2D eigenvalue weighted by atomic mass is 79.9. The van der Waals surface area contributed by atoms with Crippen LogP contribution >= 0.6 is 15.9 Å². The van der Waals surface area contributed by atoms with Crippen LogP contribution in [0, 0.1) is 24.0 Å². The number of aromatic nitrogens is 1. The number of nitro groups is 1. The second kappa shape index (κ2) is 9.84. The number of nitrogens with one attached hydrogen (secondary N) is 1. The summed E-state index contributed by atoms with van der Waals surface area (Å²) in [5.74, 6) is -0.292. The summed E-state index contributed by atoms with van der Waals surface area (Å²) in [5.41, 5.74) is 8.92. The number of carbonyl (C=O) groups excluding carboxylic acids is 1. The highest BCUT2D eigenvalue weighted by Gasteiger charge is 2.11. The van der Waals surface area contributed by atoms with Crippen LogP contribution in [0.15, 0.2) is 88.4 Å². The molecule has 170 valence electrons. The maximum absolute atomic E-state index is 12.3. The molecule has 0 spiro atoms. The molecule has 7 nitrogen and oxygen atoms in total. The van der Waals surface area contributed by atoms with Crippen molar-refractivity contribution in [3.05, 3.63) is 116 Å². The molecule has 1 heterocycles. The number of non-ortho nitro benzene ring substituents is 1. The Morgan fingerprint density at radius 3 is 2.24 bits per heavy atom. The maximum Gasteiger partial charge on any atom is 0.272 e. The van der Waals surface area contributed by atoms with E-state index in [9.17, 15) is 14.9 Å². The molecule has 0 aliphatic heterocycles. The fourth-order valence-corrected chi connectivity index (χ4v) is 4.23. The second-order valence-corrected chi connectivity index (χ2v) is 8.55. The number of hydrogen-bond donors (Lipinski definition) is 1. The number of aryl methyl sites for hydroxylation is 1. The van der Waals surface area contributed by atoms with E-state index < -0.39 is 4.92 Å². The lowest BCUT2D eigenvalue weighted by Crippen LogP contribution is -2.18. The SMILES string of the molecule is Cc1cc(/C=N/NC(=O)c2ccccc2Br)c(C)n1-c1ccc(-c2ccc([N+](=O)[O-])cc2)cc1. The molecule has 0 bridgehead atoms. The van der Waals surface area contributed by atoms with Gasteiger partial charge in [0.25, 0.3) is 11.6 Å². The van der Waals surface area contributed by atoms with Crippen molar-refractivity contribution in [2.24, 2.45) is 5.10 Å². The van der Waals surface area contributed by atoms with Gasteiger partial charge in [-0.1, -0.05) is 24.3 Å². The first kappa shape index (κ1) is 23.1. The summed E-state index contributed by atoms with van der Waals surface area (Å²) in [6.45, 7) is 4.00. The molecule has 1 N–H and O–H groups in total. The van der Waals surface area contributed by atoms with Crippen molar-refractivity contribution >= 4 is 33.7 Å². The highest BCUT2D eigenvalue weighted by Crippen LogP contribution is 2.26. The van der Waals surface area contributed by atoms with Crippen LogP contribution in [0.25, 0.3) is 16.8 Å². The van der Waals surface area contributed by atoms with E-state index >= 15 is 0 Å². The van der Waals surface area contributed by atoms with Crippen molar-refractivity contribution in [3.8, 4) is 16.8 Å². The van der Waals surface area contributed by atoms with Crippen LogP contribution in [0.1, 0.15) is 27.3 Å². The van der Waals surface area contributed by atoms with Gasteiger partial charge in [-0.2, -0.15) is 5.10 Å². The first-order valence-corrected chi connectivity index (χ1v) is 11.3. The monoisotopic (exact) mass is 516 g/mol. The van der Waals surface area contributed by atoms with Gasteiger partial charge in [0.15, 0.2) is 0 Å². The average Bonchev–Trinajstić information content (AvgIpc) is 3.12. The molecule has 8 heteroatoms. The Balaban J connectivity index is 1.52. The number of nitrogens with zero attached hydrogens (tertiary/aromatic N) is 3. The Hall–Kier alpha value is -4.04. The summed E-state index contributed by atoms with van der Waals surface area (Å²) in [4.78, 5) is 22.8. The van der Waals surface area contributed by atoms with Gasteiger partial charge in [-0.3, -0.25) is 14.9 Å². The fraction of sp³-hybridized carbons (Fsp3) is 0.0769. The molecule has 0 fully saturated rings. The first-order chi connectivity index (χ1) is 16.3. The Morgan fingerprint density at radius 2 is 1.62 bits per heavy atom. The van der Waals surface area contributed by atoms with Gasteiger partial charge < -0.3 is 4.57 Å². The number of rotatable bonds is 6. The van der Waals surface area contributed by atoms with Gasteiger partial charge in [0.2, 0.25) is 0 Å². The van der Waals surface area contributed by atoms with E-state index in [0.717, 1.165) is 33.8 Å². The first-order valence-electron chi connectivity index (χ1n) is 10.5. The van der Waals surface area contributed by atoms with E-state index in [1.54, 1.807) is 36.5 Å². The summed E-state index contributed by atoms with van der Waals surface area (Å²) < 4.78 is 2.81. The third-order valence-electron chi connectivity index (χ3n) is 5.50. The Bertz CT molecular complexity index is 1390. The highest BCUT2D eigenvalue weighted by molar-refractivity contribution is 9.10. The quantitative estimate of drug-likeness (QED) is 0.188. The minimum Gasteiger partial charge on any atom is -0.318 e. The molecule has 4 aromatic rings. The number of hydrazone groups is 1. The molecule has 0 saturated carbocycles. The minimum atomic E-state index is -0.405. The van der Waals surface area contributed by atoms with Crippen LogP contribution in [0.2, 0.25) is 0 Å². The Morgan fingerprint density at radius 1 is 1.00 bits per heavy atom. The fourth-order valence-electron chi connectivity index (χ4n) is 3.76. The van der Waals surface area contributed by atoms with Crippen molar-refractivity contribution in [2.75, 3.05) is 0 Å². The molecule has 0 saturated heterocycles. The van der Waals surface area contributed by atoms with Gasteiger partial charge in [-0.25, -0.2) is 5.43 Å². The molecular weight excluding hydrogens is 496 g/mol. The molecule has 3 aromatic carbocycles. The number of carbonyl (C=O) groups is 1. The molecule has 1 aromatic heterocycles. The molecule has 0 radical (unpaired) electrons. The number of halogens is 1. The van der Waals surface area contributed by atoms with Gasteiger partial charge in [-0.05, 0) is 83.4 Å². The van der Waals surface area contributed by atoms with Crippen molar-refractivity contribution in [1.29, 1.82) is 0 Å². The third kappa shape index (κ3) is 4.82. The molecule has 1 amide bonds. The summed E-state index contributed by atoms with van der Waals surface area (Å²) in [6.07, 6.45) is 1.64. The van der Waals surface area contributed by atoms with Crippen molar-refractivity contribution < 1.29 is 9.72 Å². The van der Waals surface area contributed by atoms with E-state index in [-0.39, 0.29) is 11.6 Å².